The van der Waals surface area contributed by atoms with Gasteiger partial charge in [-0.3, -0.25) is 9.80 Å². The molecule has 6 aliphatic rings. The number of likely N-dealkylation sites (tertiary alicyclic amines) is 2. The number of nitrogens with zero attached hydrogens (tertiary/aromatic N) is 2. The highest BCUT2D eigenvalue weighted by Gasteiger charge is 2.47. The molecule has 24 heteroatoms. The van der Waals surface area contributed by atoms with E-state index in [4.69, 9.17) is 63.1 Å². The van der Waals surface area contributed by atoms with E-state index in [0.717, 1.165) is 71.7 Å². The highest BCUT2D eigenvalue weighted by Crippen LogP contribution is 2.42. The maximum absolute atomic E-state index is 16.1. The average molecular weight is 1340 g/mol. The zero-order valence-electron chi connectivity index (χ0n) is 49.6. The molecule has 0 radical (unpaired) electrons. The van der Waals surface area contributed by atoms with Crippen LogP contribution in [-0.4, -0.2) is 170 Å². The fraction of sp³-hybridized carbons (Fsp3) is 0.463. The maximum atomic E-state index is 16.1. The number of halogens is 6. The molecule has 6 aromatic carbocycles. The first-order chi connectivity index (χ1) is 43.7. The van der Waals surface area contributed by atoms with Gasteiger partial charge in [-0.1, -0.05) is 71.7 Å². The average Bonchev–Trinajstić information content (AvgIpc) is 1.29. The Labute approximate surface area is 543 Å². The fourth-order valence-electron chi connectivity index (χ4n) is 13.3. The van der Waals surface area contributed by atoms with Crippen molar-refractivity contribution in [2.45, 2.75) is 146 Å². The van der Waals surface area contributed by atoms with E-state index in [1.807, 2.05) is 54.6 Å². The molecule has 2 unspecified atom stereocenters. The van der Waals surface area contributed by atoms with E-state index in [1.165, 1.54) is 11.8 Å². The van der Waals surface area contributed by atoms with Crippen LogP contribution in [-0.2, 0) is 37.5 Å². The standard InChI is InChI=1S/C67H74Cl2F4N4O12S2/c1-90-66-60(82)56(78)58(80)62(88-66)35-6-13-49(68)37(20-35)18-33-2-9-43(10-3-33)86-45-16-17-76(27-45)41-24-54(74)65(84-30-41)48-26-52(72)39(22-53(48)73)32-91-67-61(83)57(79)59(81)63(89-67)36-7-14-50(69)38(21-36)19-34-4-11-44(12-5-34)87-46-28-77(29-46)42-25-55(75)64(85-31-42)47-23-40(70)8-15-51(47)71/h2-15,20-23,26,41-42,45-46,54-67,78-83H,16-19,24-25,27-32,74-75H2,1H3/t41?,42?,45-,54+,55+,56-,57-,58-,59-,60+,61+,62+,63+,64-,65-,66-,67-/m1/s1. The van der Waals surface area contributed by atoms with Crippen LogP contribution in [0.3, 0.4) is 0 Å². The Morgan fingerprint density at radius 2 is 1.03 bits per heavy atom. The van der Waals surface area contributed by atoms with Gasteiger partial charge in [0.15, 0.2) is 0 Å². The Bertz CT molecular complexity index is 3500. The summed E-state index contributed by atoms with van der Waals surface area (Å²) >= 11 is 15.5. The summed E-state index contributed by atoms with van der Waals surface area (Å²) in [5.74, 6) is -1.28. The van der Waals surface area contributed by atoms with E-state index >= 15 is 8.78 Å². The molecule has 6 heterocycles. The molecule has 488 valence electrons. The molecule has 0 amide bonds. The molecular formula is C67H74Cl2F4N4O12S2. The van der Waals surface area contributed by atoms with Gasteiger partial charge in [0, 0.05) is 82.8 Å². The molecule has 0 saturated carbocycles. The quantitative estimate of drug-likeness (QED) is 0.0379. The van der Waals surface area contributed by atoms with Gasteiger partial charge in [-0.2, -0.15) is 0 Å². The topological polar surface area (TPSA) is 235 Å². The molecule has 0 aliphatic carbocycles. The lowest BCUT2D eigenvalue weighted by molar-refractivity contribution is -0.200. The zero-order chi connectivity index (χ0) is 63.9. The number of hydrogen-bond acceptors (Lipinski definition) is 18. The van der Waals surface area contributed by atoms with Crippen molar-refractivity contribution in [3.05, 3.63) is 199 Å². The van der Waals surface area contributed by atoms with Gasteiger partial charge in [0.25, 0.3) is 0 Å². The Morgan fingerprint density at radius 3 is 1.58 bits per heavy atom. The lowest BCUT2D eigenvalue weighted by Gasteiger charge is -2.47. The number of ether oxygens (including phenoxy) is 6. The van der Waals surface area contributed by atoms with E-state index in [1.54, 1.807) is 36.6 Å². The minimum atomic E-state index is -1.63. The van der Waals surface area contributed by atoms with Crippen LogP contribution < -0.4 is 20.9 Å². The third-order valence-corrected chi connectivity index (χ3v) is 21.2. The fourth-order valence-corrected chi connectivity index (χ4v) is 15.4. The van der Waals surface area contributed by atoms with Gasteiger partial charge in [-0.05, 0) is 138 Å². The van der Waals surface area contributed by atoms with Crippen molar-refractivity contribution in [3.8, 4) is 11.5 Å². The summed E-state index contributed by atoms with van der Waals surface area (Å²) in [5, 5.41) is 66.0. The molecule has 16 nitrogen and oxygen atoms in total. The Hall–Kier alpha value is -4.64. The molecule has 17 atom stereocenters. The first-order valence-electron chi connectivity index (χ1n) is 30.5. The van der Waals surface area contributed by atoms with E-state index in [0.29, 0.717) is 90.2 Å². The van der Waals surface area contributed by atoms with Gasteiger partial charge in [-0.25, -0.2) is 17.6 Å². The van der Waals surface area contributed by atoms with Gasteiger partial charge in [0.2, 0.25) is 0 Å². The van der Waals surface area contributed by atoms with Gasteiger partial charge in [0.05, 0.1) is 13.2 Å². The van der Waals surface area contributed by atoms with Crippen molar-refractivity contribution in [1.82, 2.24) is 9.80 Å². The van der Waals surface area contributed by atoms with Crippen LogP contribution in [0.2, 0.25) is 10.0 Å². The third-order valence-electron chi connectivity index (χ3n) is 18.4. The van der Waals surface area contributed by atoms with Crippen molar-refractivity contribution in [3.63, 3.8) is 0 Å². The highest BCUT2D eigenvalue weighted by molar-refractivity contribution is 7.99. The number of rotatable bonds is 18. The van der Waals surface area contributed by atoms with E-state index in [9.17, 15) is 39.4 Å². The van der Waals surface area contributed by atoms with Crippen LogP contribution in [0.15, 0.2) is 115 Å². The molecule has 10 N–H and O–H groups in total. The second-order valence-corrected chi connectivity index (χ2v) is 27.5. The summed E-state index contributed by atoms with van der Waals surface area (Å²) in [6, 6.07) is 30.0. The molecule has 6 fully saturated rings. The predicted molar refractivity (Wildman–Crippen MR) is 337 cm³/mol. The maximum Gasteiger partial charge on any atom is 0.133 e. The summed E-state index contributed by atoms with van der Waals surface area (Å²) in [4.78, 5) is 4.46. The van der Waals surface area contributed by atoms with Crippen molar-refractivity contribution in [2.75, 3.05) is 45.6 Å². The van der Waals surface area contributed by atoms with Crippen LogP contribution >= 0.6 is 46.7 Å². The number of benzene rings is 6. The zero-order valence-corrected chi connectivity index (χ0v) is 52.8. The molecule has 6 aromatic rings. The SMILES string of the molecule is CS[C@H]1O[C@@H](c2ccc(Cl)c(Cc3ccc(O[C@@H]4CCN(C5CO[C@H](c6cc(F)c(CS[C@H]7O[C@@H](c8ccc(Cl)c(Cc9ccc(OC%10CN(C%11CO[C@H](c%12cc(F)ccc%12F)[C@@H](N)C%11)C%10)cc9)c8)[C@H](O)[C@@H](O)[C@@H]7O)cc6F)[C@@H](N)C5)C4)cc3)c2)[C@H](O)[C@@H](O)[C@@H]1O. The van der Waals surface area contributed by atoms with Crippen LogP contribution in [0.25, 0.3) is 0 Å². The minimum Gasteiger partial charge on any atom is -0.489 e. The third kappa shape index (κ3) is 14.8. The summed E-state index contributed by atoms with van der Waals surface area (Å²) in [7, 11) is 0. The van der Waals surface area contributed by atoms with Crippen LogP contribution in [0.5, 0.6) is 11.5 Å². The second kappa shape index (κ2) is 28.7. The van der Waals surface area contributed by atoms with E-state index in [-0.39, 0.29) is 53.3 Å². The van der Waals surface area contributed by atoms with Gasteiger partial charge >= 0.3 is 0 Å². The molecule has 0 spiro atoms. The van der Waals surface area contributed by atoms with Gasteiger partial charge in [0.1, 0.15) is 119 Å². The summed E-state index contributed by atoms with van der Waals surface area (Å²) in [6.07, 6.45) is -8.00. The van der Waals surface area contributed by atoms with Crippen molar-refractivity contribution in [1.29, 1.82) is 0 Å². The molecule has 0 aromatic heterocycles. The lowest BCUT2D eigenvalue weighted by Crippen LogP contribution is -2.61. The molecule has 0 bridgehead atoms. The number of aliphatic hydroxyl groups excluding tert-OH is 6. The normalized spacial score (nSPS) is 31.7. The number of aliphatic hydroxyl groups is 6. The van der Waals surface area contributed by atoms with Crippen LogP contribution in [0, 0.1) is 23.3 Å². The minimum absolute atomic E-state index is 0.00472. The lowest BCUT2D eigenvalue weighted by atomic mass is 9.92. The van der Waals surface area contributed by atoms with E-state index in [2.05, 4.69) is 9.80 Å². The van der Waals surface area contributed by atoms with Crippen molar-refractivity contribution < 1.29 is 76.6 Å². The van der Waals surface area contributed by atoms with E-state index < -0.39 is 107 Å². The first-order valence-corrected chi connectivity index (χ1v) is 33.6. The molecular weight excluding hydrogens is 1260 g/mol. The van der Waals surface area contributed by atoms with Crippen LogP contribution in [0.1, 0.15) is 93.7 Å². The number of nitrogens with two attached hydrogens (primary N) is 2. The Morgan fingerprint density at radius 1 is 0.527 bits per heavy atom. The first kappa shape index (κ1) is 66.4. The number of thioether (sulfide) groups is 2. The summed E-state index contributed by atoms with van der Waals surface area (Å²) < 4.78 is 97.4. The summed E-state index contributed by atoms with van der Waals surface area (Å²) in [6.45, 7) is 3.20. The van der Waals surface area contributed by atoms with Crippen molar-refractivity contribution >= 4 is 46.7 Å². The predicted octanol–water partition coefficient (Wildman–Crippen LogP) is 8.22. The molecule has 12 rings (SSSR count). The van der Waals surface area contributed by atoms with Crippen LogP contribution in [0.4, 0.5) is 17.6 Å². The summed E-state index contributed by atoms with van der Waals surface area (Å²) in [5.41, 5.74) is 15.8. The monoisotopic (exact) mass is 1340 g/mol. The van der Waals surface area contributed by atoms with Crippen molar-refractivity contribution in [2.24, 2.45) is 11.5 Å². The number of hydrogen-bond donors (Lipinski definition) is 8. The molecule has 6 aliphatic heterocycles. The van der Waals surface area contributed by atoms with Gasteiger partial charge < -0.3 is 70.5 Å². The molecule has 6 saturated heterocycles. The Balaban J connectivity index is 0.595. The largest absolute Gasteiger partial charge is 0.489 e. The smallest absolute Gasteiger partial charge is 0.133 e. The Kier molecular flexibility index (Phi) is 21.0. The molecule has 91 heavy (non-hydrogen) atoms. The highest BCUT2D eigenvalue weighted by atomic mass is 35.5. The van der Waals surface area contributed by atoms with Gasteiger partial charge in [-0.15, -0.1) is 23.5 Å². The second-order valence-electron chi connectivity index (χ2n) is 24.6.